The maximum Gasteiger partial charge on any atom is 0.309 e. The Morgan fingerprint density at radius 1 is 1.50 bits per heavy atom. The smallest absolute Gasteiger partial charge is 0.309 e. The number of alkyl halides is 2. The standard InChI is InChI=1S/C8H7F2NO3/c9-8(10)4-1-5(3-7(13)14)11-6(12)2-4/h1-2,8H,3H2,(H,11,12)(H,13,14). The number of aromatic amines is 1. The van der Waals surface area contributed by atoms with Gasteiger partial charge in [-0.05, 0) is 6.07 Å². The molecule has 0 radical (unpaired) electrons. The largest absolute Gasteiger partial charge is 0.481 e. The van der Waals surface area contributed by atoms with E-state index in [-0.39, 0.29) is 5.69 Å². The van der Waals surface area contributed by atoms with E-state index in [1.807, 2.05) is 0 Å². The fourth-order valence-electron chi connectivity index (χ4n) is 1.01. The van der Waals surface area contributed by atoms with Gasteiger partial charge in [0, 0.05) is 17.3 Å². The molecule has 1 aromatic rings. The Kier molecular flexibility index (Phi) is 2.95. The molecule has 0 aliphatic rings. The molecule has 0 saturated carbocycles. The highest BCUT2D eigenvalue weighted by molar-refractivity contribution is 5.69. The van der Waals surface area contributed by atoms with Crippen molar-refractivity contribution in [1.82, 2.24) is 4.98 Å². The highest BCUT2D eigenvalue weighted by Gasteiger charge is 2.10. The number of carboxylic acids is 1. The van der Waals surface area contributed by atoms with Crippen LogP contribution in [-0.4, -0.2) is 16.1 Å². The number of pyridine rings is 1. The van der Waals surface area contributed by atoms with Gasteiger partial charge in [0.2, 0.25) is 5.56 Å². The molecule has 0 amide bonds. The first kappa shape index (κ1) is 10.4. The molecule has 0 fully saturated rings. The van der Waals surface area contributed by atoms with Crippen LogP contribution in [0.4, 0.5) is 8.78 Å². The molecule has 0 saturated heterocycles. The monoisotopic (exact) mass is 203 g/mol. The number of nitrogens with one attached hydrogen (secondary N) is 1. The van der Waals surface area contributed by atoms with Crippen LogP contribution < -0.4 is 5.56 Å². The van der Waals surface area contributed by atoms with Crippen LogP contribution in [-0.2, 0) is 11.2 Å². The molecule has 2 N–H and O–H groups in total. The van der Waals surface area contributed by atoms with Crippen molar-refractivity contribution in [3.05, 3.63) is 33.7 Å². The fraction of sp³-hybridized carbons (Fsp3) is 0.250. The molecular formula is C8H7F2NO3. The minimum Gasteiger partial charge on any atom is -0.481 e. The molecule has 0 atom stereocenters. The molecule has 0 aliphatic carbocycles. The van der Waals surface area contributed by atoms with E-state index in [1.165, 1.54) is 0 Å². The number of aromatic nitrogens is 1. The summed E-state index contributed by atoms with van der Waals surface area (Å²) in [6.07, 6.45) is -3.25. The summed E-state index contributed by atoms with van der Waals surface area (Å²) in [5.74, 6) is -1.19. The third kappa shape index (κ3) is 2.65. The van der Waals surface area contributed by atoms with Gasteiger partial charge in [-0.1, -0.05) is 0 Å². The van der Waals surface area contributed by atoms with Crippen LogP contribution >= 0.6 is 0 Å². The summed E-state index contributed by atoms with van der Waals surface area (Å²) in [6.45, 7) is 0. The number of carbonyl (C=O) groups is 1. The first-order valence-electron chi connectivity index (χ1n) is 3.72. The van der Waals surface area contributed by atoms with Crippen molar-refractivity contribution in [2.24, 2.45) is 0 Å². The summed E-state index contributed by atoms with van der Waals surface area (Å²) < 4.78 is 24.3. The lowest BCUT2D eigenvalue weighted by Gasteiger charge is -2.01. The van der Waals surface area contributed by atoms with Crippen molar-refractivity contribution in [3.63, 3.8) is 0 Å². The second-order valence-corrected chi connectivity index (χ2v) is 2.67. The summed E-state index contributed by atoms with van der Waals surface area (Å²) in [6, 6.07) is 1.72. The zero-order valence-corrected chi connectivity index (χ0v) is 6.96. The van der Waals surface area contributed by atoms with E-state index in [2.05, 4.69) is 4.98 Å². The Labute approximate surface area is 77.2 Å². The number of H-pyrrole nitrogens is 1. The number of rotatable bonds is 3. The van der Waals surface area contributed by atoms with E-state index in [4.69, 9.17) is 5.11 Å². The predicted molar refractivity (Wildman–Crippen MR) is 43.4 cm³/mol. The highest BCUT2D eigenvalue weighted by atomic mass is 19.3. The van der Waals surface area contributed by atoms with Gasteiger partial charge >= 0.3 is 5.97 Å². The molecule has 0 bridgehead atoms. The lowest BCUT2D eigenvalue weighted by molar-refractivity contribution is -0.136. The molecule has 0 aromatic carbocycles. The van der Waals surface area contributed by atoms with Crippen molar-refractivity contribution in [1.29, 1.82) is 0 Å². The Morgan fingerprint density at radius 2 is 2.14 bits per heavy atom. The quantitative estimate of drug-likeness (QED) is 0.767. The second-order valence-electron chi connectivity index (χ2n) is 2.67. The molecule has 0 aliphatic heterocycles. The number of hydrogen-bond acceptors (Lipinski definition) is 2. The van der Waals surface area contributed by atoms with Gasteiger partial charge in [0.15, 0.2) is 0 Å². The normalized spacial score (nSPS) is 10.5. The molecule has 1 heterocycles. The second kappa shape index (κ2) is 3.99. The average Bonchev–Trinajstić information content (AvgIpc) is 2.01. The first-order valence-corrected chi connectivity index (χ1v) is 3.72. The average molecular weight is 203 g/mol. The van der Waals surface area contributed by atoms with Crippen molar-refractivity contribution in [2.75, 3.05) is 0 Å². The molecule has 6 heteroatoms. The van der Waals surface area contributed by atoms with E-state index in [1.54, 1.807) is 0 Å². The van der Waals surface area contributed by atoms with Gasteiger partial charge in [-0.2, -0.15) is 0 Å². The van der Waals surface area contributed by atoms with Crippen LogP contribution in [0.15, 0.2) is 16.9 Å². The Morgan fingerprint density at radius 3 is 2.64 bits per heavy atom. The van der Waals surface area contributed by atoms with E-state index < -0.39 is 29.9 Å². The molecular weight excluding hydrogens is 196 g/mol. The Balaban J connectivity index is 3.07. The summed E-state index contributed by atoms with van der Waals surface area (Å²) in [4.78, 5) is 23.2. The lowest BCUT2D eigenvalue weighted by Crippen LogP contribution is -2.12. The summed E-state index contributed by atoms with van der Waals surface area (Å²) >= 11 is 0. The zero-order chi connectivity index (χ0) is 10.7. The van der Waals surface area contributed by atoms with E-state index in [9.17, 15) is 18.4 Å². The molecule has 1 aromatic heterocycles. The van der Waals surface area contributed by atoms with Gasteiger partial charge in [0.25, 0.3) is 6.43 Å². The Hall–Kier alpha value is -1.72. The fourth-order valence-corrected chi connectivity index (χ4v) is 1.01. The number of carboxylic acid groups (broad SMARTS) is 1. The number of hydrogen-bond donors (Lipinski definition) is 2. The van der Waals surface area contributed by atoms with Gasteiger partial charge in [-0.15, -0.1) is 0 Å². The van der Waals surface area contributed by atoms with Crippen molar-refractivity contribution >= 4 is 5.97 Å². The molecule has 0 spiro atoms. The minimum atomic E-state index is -2.77. The summed E-state index contributed by atoms with van der Waals surface area (Å²) in [5.41, 5.74) is -1.22. The van der Waals surface area contributed by atoms with Crippen LogP contribution in [0.2, 0.25) is 0 Å². The van der Waals surface area contributed by atoms with Crippen LogP contribution in [0.1, 0.15) is 17.7 Å². The third-order valence-electron chi connectivity index (χ3n) is 1.52. The van der Waals surface area contributed by atoms with Crippen molar-refractivity contribution in [2.45, 2.75) is 12.8 Å². The van der Waals surface area contributed by atoms with Crippen LogP contribution in [0.25, 0.3) is 0 Å². The molecule has 1 rings (SSSR count). The molecule has 14 heavy (non-hydrogen) atoms. The van der Waals surface area contributed by atoms with Gasteiger partial charge in [0.1, 0.15) is 0 Å². The number of halogens is 2. The third-order valence-corrected chi connectivity index (χ3v) is 1.52. The van der Waals surface area contributed by atoms with Gasteiger partial charge in [-0.3, -0.25) is 9.59 Å². The SMILES string of the molecule is O=C(O)Cc1cc(C(F)F)cc(=O)[nH]1. The predicted octanol–water partition coefficient (Wildman–Crippen LogP) is 0.940. The Bertz CT molecular complexity index is 400. The minimum absolute atomic E-state index is 0.0275. The summed E-state index contributed by atoms with van der Waals surface area (Å²) in [7, 11) is 0. The first-order chi connectivity index (χ1) is 6.49. The highest BCUT2D eigenvalue weighted by Crippen LogP contribution is 2.16. The van der Waals surface area contributed by atoms with Crippen LogP contribution in [0, 0.1) is 0 Å². The van der Waals surface area contributed by atoms with Crippen molar-refractivity contribution in [3.8, 4) is 0 Å². The maximum atomic E-state index is 12.2. The van der Waals surface area contributed by atoms with Crippen LogP contribution in [0.5, 0.6) is 0 Å². The maximum absolute atomic E-state index is 12.2. The van der Waals surface area contributed by atoms with Gasteiger partial charge in [0.05, 0.1) is 6.42 Å². The lowest BCUT2D eigenvalue weighted by atomic mass is 10.2. The van der Waals surface area contributed by atoms with Gasteiger partial charge < -0.3 is 10.1 Å². The van der Waals surface area contributed by atoms with Crippen LogP contribution in [0.3, 0.4) is 0 Å². The number of aliphatic carboxylic acids is 1. The molecule has 76 valence electrons. The topological polar surface area (TPSA) is 70.2 Å². The van der Waals surface area contributed by atoms with E-state index in [0.717, 1.165) is 12.1 Å². The van der Waals surface area contributed by atoms with E-state index in [0.29, 0.717) is 0 Å². The molecule has 4 nitrogen and oxygen atoms in total. The zero-order valence-electron chi connectivity index (χ0n) is 6.96. The van der Waals surface area contributed by atoms with Gasteiger partial charge in [-0.25, -0.2) is 8.78 Å². The molecule has 0 unspecified atom stereocenters. The van der Waals surface area contributed by atoms with Crippen molar-refractivity contribution < 1.29 is 18.7 Å². The van der Waals surface area contributed by atoms with E-state index >= 15 is 0 Å². The summed E-state index contributed by atoms with van der Waals surface area (Å²) in [5, 5.41) is 8.38.